The fourth-order valence-corrected chi connectivity index (χ4v) is 8.20. The van der Waals surface area contributed by atoms with Crippen LogP contribution in [0.5, 0.6) is 11.6 Å². The number of carbonyl (C=O) groups is 1. The molecule has 0 aliphatic carbocycles. The maximum atomic E-state index is 13.1. The normalized spacial score (nSPS) is 19.0. The van der Waals surface area contributed by atoms with E-state index in [1.165, 1.54) is 10.8 Å². The first-order chi connectivity index (χ1) is 21.8. The van der Waals surface area contributed by atoms with Crippen molar-refractivity contribution in [1.82, 2.24) is 28.9 Å². The smallest absolute Gasteiger partial charge is 0.330 e. The van der Waals surface area contributed by atoms with Crippen LogP contribution >= 0.6 is 11.6 Å². The number of nitriles is 1. The molecule has 10 nitrogen and oxygen atoms in total. The Bertz CT molecular complexity index is 2070. The number of hydrogen-bond acceptors (Lipinski definition) is 7. The van der Waals surface area contributed by atoms with E-state index in [1.54, 1.807) is 19.5 Å². The molecular weight excluding hydrogens is 590 g/mol. The van der Waals surface area contributed by atoms with Gasteiger partial charge in [-0.2, -0.15) is 5.26 Å². The molecule has 11 heteroatoms. The zero-order valence-electron chi connectivity index (χ0n) is 25.4. The molecule has 1 unspecified atom stereocenters. The molecule has 0 radical (unpaired) electrons. The van der Waals surface area contributed by atoms with Gasteiger partial charge in [-0.25, -0.2) is 19.3 Å². The number of hydrogen-bond donors (Lipinski definition) is 0. The first kappa shape index (κ1) is 27.9. The van der Waals surface area contributed by atoms with Crippen LogP contribution in [-0.2, 0) is 13.6 Å². The predicted molar refractivity (Wildman–Crippen MR) is 171 cm³/mol. The van der Waals surface area contributed by atoms with Gasteiger partial charge in [-0.15, -0.1) is 0 Å². The predicted octanol–water partition coefficient (Wildman–Crippen LogP) is 5.76. The lowest BCUT2D eigenvalue weighted by Gasteiger charge is -2.56. The summed E-state index contributed by atoms with van der Waals surface area (Å²) in [5, 5.41) is 13.0. The van der Waals surface area contributed by atoms with Crippen molar-refractivity contribution in [3.05, 3.63) is 71.0 Å². The first-order valence-corrected chi connectivity index (χ1v) is 15.5. The van der Waals surface area contributed by atoms with Gasteiger partial charge in [-0.3, -0.25) is 4.90 Å². The maximum Gasteiger partial charge on any atom is 0.330 e. The van der Waals surface area contributed by atoms with Gasteiger partial charge >= 0.3 is 6.03 Å². The molecule has 0 saturated carbocycles. The van der Waals surface area contributed by atoms with Crippen molar-refractivity contribution in [2.24, 2.45) is 12.5 Å². The summed E-state index contributed by atoms with van der Waals surface area (Å²) < 4.78 is 15.9. The number of halogens is 1. The van der Waals surface area contributed by atoms with Crippen molar-refractivity contribution in [3.63, 3.8) is 0 Å². The lowest BCUT2D eigenvalue weighted by molar-refractivity contribution is -0.0576. The highest BCUT2D eigenvalue weighted by molar-refractivity contribution is 6.37. The highest BCUT2D eigenvalue weighted by Gasteiger charge is 2.50. The monoisotopic (exact) mass is 621 g/mol. The number of imidazole rings is 1. The summed E-state index contributed by atoms with van der Waals surface area (Å²) in [6.07, 6.45) is 8.87. The Morgan fingerprint density at radius 1 is 1.13 bits per heavy atom. The molecule has 5 aromatic rings. The van der Waals surface area contributed by atoms with Crippen LogP contribution in [0.3, 0.4) is 0 Å². The number of likely N-dealkylation sites (tertiary alicyclic amines) is 1. The Kier molecular flexibility index (Phi) is 6.34. The van der Waals surface area contributed by atoms with Gasteiger partial charge in [0, 0.05) is 91.5 Å². The molecule has 3 aliphatic heterocycles. The number of fused-ring (bicyclic) bond motifs is 5. The van der Waals surface area contributed by atoms with E-state index in [2.05, 4.69) is 57.8 Å². The molecule has 1 atom stereocenters. The third-order valence-electron chi connectivity index (χ3n) is 9.98. The number of aryl methyl sites for hydroxylation is 2. The van der Waals surface area contributed by atoms with Gasteiger partial charge in [0.2, 0.25) is 11.7 Å². The third kappa shape index (κ3) is 4.14. The molecule has 2 aromatic carbocycles. The SMILES string of the molecule is COc1nccc2ccc(C)c(-c3c(Cl)c4c(c5c3ccn5C)CN3CC5(CCC3CO4)CN(C(=O)n3ccnc3C#N)C5)c12. The Morgan fingerprint density at radius 2 is 1.98 bits per heavy atom. The van der Waals surface area contributed by atoms with E-state index < -0.39 is 0 Å². The van der Waals surface area contributed by atoms with E-state index in [4.69, 9.17) is 21.1 Å². The molecule has 45 heavy (non-hydrogen) atoms. The summed E-state index contributed by atoms with van der Waals surface area (Å²) in [6.45, 7) is 5.50. The standard InChI is InChI=1S/C34H32ClN7O3/c1-20-4-5-21-7-10-38-32(44-3)27(21)26(20)28-23-8-12-39(2)30(23)24-15-40-17-34(9-6-22(40)16-45-31(24)29(28)35)18-41(19-34)33(43)42-13-11-37-25(42)14-36/h4-5,7-8,10-13,22H,6,9,15-19H2,1-3H3. The second-order valence-corrected chi connectivity index (χ2v) is 13.0. The number of piperidine rings is 1. The van der Waals surface area contributed by atoms with Crippen molar-refractivity contribution in [2.75, 3.05) is 33.4 Å². The van der Waals surface area contributed by atoms with Gasteiger partial charge in [0.1, 0.15) is 18.4 Å². The van der Waals surface area contributed by atoms with E-state index in [0.717, 1.165) is 69.1 Å². The summed E-state index contributed by atoms with van der Waals surface area (Å²) in [6, 6.07) is 10.4. The van der Waals surface area contributed by atoms with Crippen molar-refractivity contribution in [3.8, 4) is 28.8 Å². The van der Waals surface area contributed by atoms with E-state index in [0.29, 0.717) is 37.1 Å². The average Bonchev–Trinajstić information content (AvgIpc) is 3.62. The number of aromatic nitrogens is 4. The molecule has 2 fully saturated rings. The van der Waals surface area contributed by atoms with E-state index in [1.807, 2.05) is 17.0 Å². The molecule has 1 spiro atoms. The molecule has 8 rings (SSSR count). The Hall–Kier alpha value is -4.59. The molecule has 228 valence electrons. The minimum absolute atomic E-state index is 0.00469. The first-order valence-electron chi connectivity index (χ1n) is 15.1. The van der Waals surface area contributed by atoms with Crippen LogP contribution in [0.2, 0.25) is 5.02 Å². The molecule has 2 saturated heterocycles. The van der Waals surface area contributed by atoms with Gasteiger partial charge < -0.3 is 18.9 Å². The average molecular weight is 622 g/mol. The van der Waals surface area contributed by atoms with Crippen molar-refractivity contribution in [2.45, 2.75) is 32.4 Å². The van der Waals surface area contributed by atoms with E-state index in [9.17, 15) is 10.1 Å². The molecular formula is C34H32ClN7O3. The molecule has 3 aromatic heterocycles. The molecule has 6 heterocycles. The fourth-order valence-electron chi connectivity index (χ4n) is 7.84. The van der Waals surface area contributed by atoms with Gasteiger partial charge in [0.05, 0.1) is 23.0 Å². The number of pyridine rings is 1. The topological polar surface area (TPSA) is 101 Å². The molecule has 1 amide bonds. The van der Waals surface area contributed by atoms with Gasteiger partial charge in [0.15, 0.2) is 0 Å². The zero-order chi connectivity index (χ0) is 31.0. The minimum Gasteiger partial charge on any atom is -0.490 e. The summed E-state index contributed by atoms with van der Waals surface area (Å²) in [5.74, 6) is 1.41. The fraction of sp³-hybridized carbons (Fsp3) is 0.353. The number of carbonyl (C=O) groups excluding carboxylic acids is 1. The number of nitrogens with zero attached hydrogens (tertiary/aromatic N) is 7. The highest BCUT2D eigenvalue weighted by atomic mass is 35.5. The van der Waals surface area contributed by atoms with E-state index in [-0.39, 0.29) is 23.3 Å². The number of methoxy groups -OCH3 is 1. The molecule has 0 bridgehead atoms. The maximum absolute atomic E-state index is 13.1. The van der Waals surface area contributed by atoms with Crippen molar-refractivity contribution >= 4 is 39.3 Å². The highest BCUT2D eigenvalue weighted by Crippen LogP contribution is 2.51. The van der Waals surface area contributed by atoms with Crippen LogP contribution in [0, 0.1) is 23.7 Å². The summed E-state index contributed by atoms with van der Waals surface area (Å²) in [7, 11) is 3.72. The number of amides is 1. The molecule has 3 aliphatic rings. The van der Waals surface area contributed by atoms with Crippen LogP contribution in [0.1, 0.15) is 29.8 Å². The third-order valence-corrected chi connectivity index (χ3v) is 10.3. The van der Waals surface area contributed by atoms with Crippen LogP contribution in [0.4, 0.5) is 4.79 Å². The summed E-state index contributed by atoms with van der Waals surface area (Å²) in [5.41, 5.74) is 5.20. The lowest BCUT2D eigenvalue weighted by Crippen LogP contribution is -2.66. The van der Waals surface area contributed by atoms with Crippen LogP contribution in [-0.4, -0.2) is 74.3 Å². The van der Waals surface area contributed by atoms with Crippen LogP contribution in [0.15, 0.2) is 49.1 Å². The van der Waals surface area contributed by atoms with Gasteiger partial charge in [0.25, 0.3) is 0 Å². The molecule has 0 N–H and O–H groups in total. The second-order valence-electron chi connectivity index (χ2n) is 12.6. The number of benzene rings is 2. The minimum atomic E-state index is -0.193. The van der Waals surface area contributed by atoms with Crippen molar-refractivity contribution < 1.29 is 14.3 Å². The van der Waals surface area contributed by atoms with Crippen molar-refractivity contribution in [1.29, 1.82) is 5.26 Å². The van der Waals surface area contributed by atoms with Gasteiger partial charge in [-0.1, -0.05) is 23.7 Å². The van der Waals surface area contributed by atoms with E-state index >= 15 is 0 Å². The number of ether oxygens (including phenoxy) is 2. The lowest BCUT2D eigenvalue weighted by atomic mass is 9.72. The quantitative estimate of drug-likeness (QED) is 0.247. The summed E-state index contributed by atoms with van der Waals surface area (Å²) in [4.78, 5) is 26.0. The number of rotatable bonds is 2. The van der Waals surface area contributed by atoms with Gasteiger partial charge in [-0.05, 0) is 42.8 Å². The Balaban J connectivity index is 1.18. The second kappa shape index (κ2) is 10.2. The Labute approximate surface area is 265 Å². The zero-order valence-corrected chi connectivity index (χ0v) is 26.1. The Morgan fingerprint density at radius 3 is 2.78 bits per heavy atom. The summed E-state index contributed by atoms with van der Waals surface area (Å²) >= 11 is 7.42. The van der Waals surface area contributed by atoms with Crippen LogP contribution in [0.25, 0.3) is 32.8 Å². The van der Waals surface area contributed by atoms with Crippen LogP contribution < -0.4 is 9.47 Å². The largest absolute Gasteiger partial charge is 0.490 e.